The number of hydrogen-bond donors (Lipinski definition) is 0. The SMILES string of the molecule is CC(=O)N1c2ccc(-c3ccc(S(C)(=O)=O)cc3)cc2N(C(=O)CCc2ccco2)C[C@@H]1C. The number of nitrogens with zero attached hydrogens (tertiary/aromatic N) is 2. The van der Waals surface area contributed by atoms with Gasteiger partial charge in [-0.1, -0.05) is 18.2 Å². The van der Waals surface area contributed by atoms with E-state index in [1.807, 2.05) is 31.2 Å². The van der Waals surface area contributed by atoms with Gasteiger partial charge in [0.15, 0.2) is 9.84 Å². The van der Waals surface area contributed by atoms with Crippen molar-refractivity contribution in [1.29, 1.82) is 0 Å². The highest BCUT2D eigenvalue weighted by molar-refractivity contribution is 7.90. The molecule has 2 aromatic carbocycles. The van der Waals surface area contributed by atoms with Gasteiger partial charge in [0.1, 0.15) is 5.76 Å². The molecule has 4 rings (SSSR count). The summed E-state index contributed by atoms with van der Waals surface area (Å²) in [7, 11) is -3.29. The summed E-state index contributed by atoms with van der Waals surface area (Å²) < 4.78 is 28.9. The third-order valence-electron chi connectivity index (χ3n) is 5.83. The van der Waals surface area contributed by atoms with Gasteiger partial charge in [0, 0.05) is 32.6 Å². The molecule has 0 fully saturated rings. The van der Waals surface area contributed by atoms with Crippen LogP contribution < -0.4 is 9.80 Å². The fraction of sp³-hybridized carbons (Fsp3) is 0.280. The highest BCUT2D eigenvalue weighted by atomic mass is 32.2. The Labute approximate surface area is 193 Å². The Hall–Kier alpha value is -3.39. The lowest BCUT2D eigenvalue weighted by molar-refractivity contribution is -0.120. The van der Waals surface area contributed by atoms with Crippen molar-refractivity contribution in [2.75, 3.05) is 22.6 Å². The first-order valence-corrected chi connectivity index (χ1v) is 12.6. The molecule has 1 atom stereocenters. The average Bonchev–Trinajstić information content (AvgIpc) is 3.29. The third-order valence-corrected chi connectivity index (χ3v) is 6.96. The predicted molar refractivity (Wildman–Crippen MR) is 127 cm³/mol. The quantitative estimate of drug-likeness (QED) is 0.566. The van der Waals surface area contributed by atoms with Crippen LogP contribution in [-0.2, 0) is 25.8 Å². The van der Waals surface area contributed by atoms with E-state index < -0.39 is 9.84 Å². The predicted octanol–water partition coefficient (Wildman–Crippen LogP) is 4.07. The van der Waals surface area contributed by atoms with E-state index in [1.54, 1.807) is 46.4 Å². The molecular weight excluding hydrogens is 440 g/mol. The molecule has 0 radical (unpaired) electrons. The van der Waals surface area contributed by atoms with Crippen molar-refractivity contribution in [2.24, 2.45) is 0 Å². The van der Waals surface area contributed by atoms with Crippen LogP contribution in [0.4, 0.5) is 11.4 Å². The normalized spacial score (nSPS) is 15.9. The second kappa shape index (κ2) is 8.86. The number of carbonyl (C=O) groups is 2. The van der Waals surface area contributed by atoms with Crippen LogP contribution in [0.2, 0.25) is 0 Å². The summed E-state index contributed by atoms with van der Waals surface area (Å²) in [6, 6.07) is 15.7. The van der Waals surface area contributed by atoms with Gasteiger partial charge in [-0.2, -0.15) is 0 Å². The van der Waals surface area contributed by atoms with E-state index in [9.17, 15) is 18.0 Å². The van der Waals surface area contributed by atoms with E-state index in [0.717, 1.165) is 16.9 Å². The topological polar surface area (TPSA) is 87.9 Å². The number of benzene rings is 2. The summed E-state index contributed by atoms with van der Waals surface area (Å²) in [4.78, 5) is 29.3. The van der Waals surface area contributed by atoms with Gasteiger partial charge < -0.3 is 14.2 Å². The zero-order chi connectivity index (χ0) is 23.8. The molecule has 1 aliphatic heterocycles. The lowest BCUT2D eigenvalue weighted by atomic mass is 10.00. The Morgan fingerprint density at radius 3 is 2.33 bits per heavy atom. The monoisotopic (exact) mass is 466 g/mol. The molecule has 0 aliphatic carbocycles. The van der Waals surface area contributed by atoms with E-state index >= 15 is 0 Å². The summed E-state index contributed by atoms with van der Waals surface area (Å²) in [6.07, 6.45) is 3.54. The summed E-state index contributed by atoms with van der Waals surface area (Å²) in [6.45, 7) is 3.83. The highest BCUT2D eigenvalue weighted by Gasteiger charge is 2.33. The third kappa shape index (κ3) is 4.71. The van der Waals surface area contributed by atoms with Gasteiger partial charge in [-0.05, 0) is 54.4 Å². The van der Waals surface area contributed by atoms with Crippen molar-refractivity contribution >= 4 is 33.0 Å². The largest absolute Gasteiger partial charge is 0.469 e. The first-order chi connectivity index (χ1) is 15.6. The lowest BCUT2D eigenvalue weighted by Crippen LogP contribution is -2.51. The molecule has 3 aromatic rings. The molecule has 1 aromatic heterocycles. The van der Waals surface area contributed by atoms with Gasteiger partial charge in [-0.3, -0.25) is 9.59 Å². The van der Waals surface area contributed by atoms with E-state index in [1.165, 1.54) is 13.2 Å². The van der Waals surface area contributed by atoms with E-state index in [4.69, 9.17) is 4.42 Å². The maximum atomic E-state index is 13.2. The van der Waals surface area contributed by atoms with E-state index in [0.29, 0.717) is 24.3 Å². The first kappa shape index (κ1) is 22.8. The Bertz CT molecular complexity index is 1280. The van der Waals surface area contributed by atoms with Crippen LogP contribution in [0.3, 0.4) is 0 Å². The van der Waals surface area contributed by atoms with Crippen LogP contribution in [0.1, 0.15) is 26.0 Å². The zero-order valence-electron chi connectivity index (χ0n) is 18.8. The highest BCUT2D eigenvalue weighted by Crippen LogP contribution is 2.39. The fourth-order valence-electron chi connectivity index (χ4n) is 4.24. The maximum Gasteiger partial charge on any atom is 0.227 e. The minimum atomic E-state index is -3.29. The number of carbonyl (C=O) groups excluding carboxylic acids is 2. The Morgan fingerprint density at radius 2 is 1.73 bits per heavy atom. The van der Waals surface area contributed by atoms with Gasteiger partial charge in [0.05, 0.1) is 28.6 Å². The minimum Gasteiger partial charge on any atom is -0.469 e. The van der Waals surface area contributed by atoms with E-state index in [-0.39, 0.29) is 29.2 Å². The zero-order valence-corrected chi connectivity index (χ0v) is 19.6. The summed E-state index contributed by atoms with van der Waals surface area (Å²) in [5, 5.41) is 0. The van der Waals surface area contributed by atoms with Crippen LogP contribution in [0.25, 0.3) is 11.1 Å². The van der Waals surface area contributed by atoms with Crippen molar-refractivity contribution in [3.8, 4) is 11.1 Å². The van der Waals surface area contributed by atoms with Crippen LogP contribution in [0, 0.1) is 0 Å². The molecule has 8 heteroatoms. The lowest BCUT2D eigenvalue weighted by Gasteiger charge is -2.41. The second-order valence-corrected chi connectivity index (χ2v) is 10.3. The smallest absolute Gasteiger partial charge is 0.227 e. The molecule has 0 unspecified atom stereocenters. The Morgan fingerprint density at radius 1 is 1.03 bits per heavy atom. The molecule has 2 heterocycles. The van der Waals surface area contributed by atoms with Crippen LogP contribution in [0.5, 0.6) is 0 Å². The molecule has 7 nitrogen and oxygen atoms in total. The molecule has 0 saturated heterocycles. The van der Waals surface area contributed by atoms with Crippen molar-refractivity contribution in [3.63, 3.8) is 0 Å². The summed E-state index contributed by atoms with van der Waals surface area (Å²) in [5.41, 5.74) is 3.00. The summed E-state index contributed by atoms with van der Waals surface area (Å²) >= 11 is 0. The van der Waals surface area contributed by atoms with Gasteiger partial charge in [0.2, 0.25) is 11.8 Å². The molecular formula is C25H26N2O5S. The molecule has 33 heavy (non-hydrogen) atoms. The molecule has 0 spiro atoms. The van der Waals surface area contributed by atoms with Crippen LogP contribution in [0.15, 0.2) is 70.2 Å². The number of furan rings is 1. The number of hydrogen-bond acceptors (Lipinski definition) is 5. The number of fused-ring (bicyclic) bond motifs is 1. The van der Waals surface area contributed by atoms with Gasteiger partial charge in [0.25, 0.3) is 0 Å². The van der Waals surface area contributed by atoms with Crippen molar-refractivity contribution in [2.45, 2.75) is 37.6 Å². The number of rotatable bonds is 5. The van der Waals surface area contributed by atoms with Gasteiger partial charge >= 0.3 is 0 Å². The molecule has 0 bridgehead atoms. The standard InChI is InChI=1S/C25H26N2O5S/c1-17-16-26(25(29)13-9-21-5-4-14-32-21)24-15-20(8-12-23(24)27(17)18(2)28)19-6-10-22(11-7-19)33(3,30)31/h4-8,10-12,14-15,17H,9,13,16H2,1-3H3/t17-/m0/s1. The van der Waals surface area contributed by atoms with Gasteiger partial charge in [-0.15, -0.1) is 0 Å². The van der Waals surface area contributed by atoms with Crippen LogP contribution in [-0.4, -0.2) is 39.1 Å². The minimum absolute atomic E-state index is 0.0488. The number of amides is 2. The Balaban J connectivity index is 1.70. The molecule has 0 saturated carbocycles. The second-order valence-electron chi connectivity index (χ2n) is 8.32. The molecule has 2 amide bonds. The van der Waals surface area contributed by atoms with Crippen molar-refractivity contribution < 1.29 is 22.4 Å². The Kier molecular flexibility index (Phi) is 6.12. The van der Waals surface area contributed by atoms with Gasteiger partial charge in [-0.25, -0.2) is 8.42 Å². The summed E-state index contributed by atoms with van der Waals surface area (Å²) in [5.74, 6) is 0.614. The number of anilines is 2. The van der Waals surface area contributed by atoms with Crippen LogP contribution >= 0.6 is 0 Å². The van der Waals surface area contributed by atoms with Crippen molar-refractivity contribution in [3.05, 3.63) is 66.6 Å². The molecule has 1 aliphatic rings. The number of sulfone groups is 1. The first-order valence-electron chi connectivity index (χ1n) is 10.7. The number of aryl methyl sites for hydroxylation is 1. The fourth-order valence-corrected chi connectivity index (χ4v) is 4.87. The maximum absolute atomic E-state index is 13.2. The molecule has 0 N–H and O–H groups in total. The van der Waals surface area contributed by atoms with E-state index in [2.05, 4.69) is 0 Å². The average molecular weight is 467 g/mol. The van der Waals surface area contributed by atoms with Crippen molar-refractivity contribution in [1.82, 2.24) is 0 Å². The molecule has 172 valence electrons.